The molecule has 0 aliphatic rings. The average molecular weight is 254 g/mol. The highest BCUT2D eigenvalue weighted by molar-refractivity contribution is 6.32. The third-order valence-corrected chi connectivity index (χ3v) is 2.46. The Bertz CT molecular complexity index is 454. The van der Waals surface area contributed by atoms with Crippen molar-refractivity contribution in [2.24, 2.45) is 0 Å². The molecule has 0 N–H and O–H groups in total. The minimum absolute atomic E-state index is 0.237. The van der Waals surface area contributed by atoms with Crippen molar-refractivity contribution in [1.82, 2.24) is 0 Å². The fraction of sp³-hybridized carbons (Fsp3) is 0.333. The first kappa shape index (κ1) is 13.3. The number of carbonyl (C=O) groups excluding carboxylic acids is 1. The van der Waals surface area contributed by atoms with E-state index in [1.807, 2.05) is 6.07 Å². The number of esters is 1. The first-order valence-corrected chi connectivity index (χ1v) is 5.41. The van der Waals surface area contributed by atoms with Gasteiger partial charge in [0.05, 0.1) is 24.8 Å². The van der Waals surface area contributed by atoms with Crippen molar-refractivity contribution in [3.63, 3.8) is 0 Å². The van der Waals surface area contributed by atoms with Gasteiger partial charge < -0.3 is 9.47 Å². The highest BCUT2D eigenvalue weighted by Crippen LogP contribution is 2.28. The molecule has 0 aromatic heterocycles. The Morgan fingerprint density at radius 3 is 2.76 bits per heavy atom. The lowest BCUT2D eigenvalue weighted by Gasteiger charge is -2.10. The summed E-state index contributed by atoms with van der Waals surface area (Å²) in [5.74, 6) is -1.04. The van der Waals surface area contributed by atoms with Crippen LogP contribution < -0.4 is 4.74 Å². The summed E-state index contributed by atoms with van der Waals surface area (Å²) in [5, 5.41) is 9.32. The van der Waals surface area contributed by atoms with Crippen LogP contribution in [0.5, 0.6) is 5.75 Å². The van der Waals surface area contributed by atoms with E-state index in [1.165, 1.54) is 13.2 Å². The fourth-order valence-corrected chi connectivity index (χ4v) is 1.62. The number of nitriles is 1. The molecule has 0 aliphatic heterocycles. The van der Waals surface area contributed by atoms with Gasteiger partial charge in [0.15, 0.2) is 5.92 Å². The molecule has 0 saturated heterocycles. The lowest BCUT2D eigenvalue weighted by molar-refractivity contribution is -0.143. The van der Waals surface area contributed by atoms with E-state index in [9.17, 15) is 4.79 Å². The number of benzene rings is 1. The molecule has 17 heavy (non-hydrogen) atoms. The molecule has 5 heteroatoms. The molecule has 0 spiro atoms. The molecular weight excluding hydrogens is 242 g/mol. The third kappa shape index (κ3) is 3.11. The van der Waals surface area contributed by atoms with Crippen molar-refractivity contribution in [2.45, 2.75) is 12.8 Å². The van der Waals surface area contributed by atoms with Gasteiger partial charge in [-0.15, -0.1) is 0 Å². The Labute approximate surface area is 105 Å². The third-order valence-electron chi connectivity index (χ3n) is 2.16. The van der Waals surface area contributed by atoms with Crippen molar-refractivity contribution in [1.29, 1.82) is 5.26 Å². The van der Waals surface area contributed by atoms with Crippen LogP contribution in [-0.2, 0) is 9.53 Å². The maximum absolute atomic E-state index is 11.5. The van der Waals surface area contributed by atoms with Crippen LogP contribution in [0.4, 0.5) is 0 Å². The summed E-state index contributed by atoms with van der Waals surface area (Å²) >= 11 is 5.93. The lowest BCUT2D eigenvalue weighted by atomic mass is 10.0. The first-order valence-electron chi connectivity index (χ1n) is 5.03. The topological polar surface area (TPSA) is 59.3 Å². The molecule has 1 aromatic carbocycles. The molecule has 0 saturated carbocycles. The number of hydrogen-bond donors (Lipinski definition) is 0. The van der Waals surface area contributed by atoms with Crippen molar-refractivity contribution in [2.75, 3.05) is 13.7 Å². The van der Waals surface area contributed by atoms with Crippen LogP contribution in [0.15, 0.2) is 18.2 Å². The van der Waals surface area contributed by atoms with Gasteiger partial charge >= 0.3 is 5.97 Å². The van der Waals surface area contributed by atoms with Crippen molar-refractivity contribution >= 4 is 17.6 Å². The summed E-state index contributed by atoms with van der Waals surface area (Å²) in [6, 6.07) is 6.66. The molecule has 1 unspecified atom stereocenters. The minimum Gasteiger partial charge on any atom is -0.495 e. The molecule has 1 atom stereocenters. The summed E-state index contributed by atoms with van der Waals surface area (Å²) in [6.07, 6.45) is 0. The maximum Gasteiger partial charge on any atom is 0.327 e. The van der Waals surface area contributed by atoms with Gasteiger partial charge in [0.1, 0.15) is 5.75 Å². The van der Waals surface area contributed by atoms with E-state index in [2.05, 4.69) is 0 Å². The van der Waals surface area contributed by atoms with Crippen LogP contribution in [0.25, 0.3) is 0 Å². The summed E-state index contributed by atoms with van der Waals surface area (Å²) in [6.45, 7) is 1.92. The highest BCUT2D eigenvalue weighted by atomic mass is 35.5. The van der Waals surface area contributed by atoms with E-state index in [0.29, 0.717) is 16.3 Å². The summed E-state index contributed by atoms with van der Waals surface area (Å²) in [5.41, 5.74) is 0.497. The molecule has 0 bridgehead atoms. The van der Waals surface area contributed by atoms with Crippen molar-refractivity contribution in [3.05, 3.63) is 28.8 Å². The molecule has 0 heterocycles. The van der Waals surface area contributed by atoms with Gasteiger partial charge in [0, 0.05) is 0 Å². The van der Waals surface area contributed by atoms with E-state index in [1.54, 1.807) is 19.1 Å². The predicted molar refractivity (Wildman–Crippen MR) is 63.0 cm³/mol. The number of methoxy groups -OCH3 is 1. The van der Waals surface area contributed by atoms with Crippen LogP contribution >= 0.6 is 11.6 Å². The van der Waals surface area contributed by atoms with Gasteiger partial charge in [-0.05, 0) is 24.6 Å². The Balaban J connectivity index is 3.02. The Morgan fingerprint density at radius 2 is 2.29 bits per heavy atom. The van der Waals surface area contributed by atoms with Gasteiger partial charge in [-0.1, -0.05) is 17.7 Å². The minimum atomic E-state index is -0.960. The largest absolute Gasteiger partial charge is 0.495 e. The monoisotopic (exact) mass is 253 g/mol. The Kier molecular flexibility index (Phi) is 4.80. The van der Waals surface area contributed by atoms with E-state index in [-0.39, 0.29) is 6.61 Å². The number of halogens is 1. The quantitative estimate of drug-likeness (QED) is 0.774. The molecule has 0 radical (unpaired) electrons. The normalized spacial score (nSPS) is 11.4. The number of hydrogen-bond acceptors (Lipinski definition) is 4. The molecule has 0 aliphatic carbocycles. The van der Waals surface area contributed by atoms with Crippen LogP contribution in [0.3, 0.4) is 0 Å². The van der Waals surface area contributed by atoms with Crippen molar-refractivity contribution < 1.29 is 14.3 Å². The fourth-order valence-electron chi connectivity index (χ4n) is 1.35. The predicted octanol–water partition coefficient (Wildman–Crippen LogP) is 2.52. The standard InChI is InChI=1S/C12H12ClNO3/c1-3-17-12(15)9(7-14)8-4-5-11(16-2)10(13)6-8/h4-6,9H,3H2,1-2H3. The number of rotatable bonds is 4. The number of carbonyl (C=O) groups is 1. The molecule has 0 fully saturated rings. The van der Waals surface area contributed by atoms with E-state index < -0.39 is 11.9 Å². The number of ether oxygens (including phenoxy) is 2. The zero-order valence-corrected chi connectivity index (χ0v) is 10.3. The summed E-state index contributed by atoms with van der Waals surface area (Å²) in [7, 11) is 1.49. The van der Waals surface area contributed by atoms with Crippen LogP contribution in [-0.4, -0.2) is 19.7 Å². The second-order valence-corrected chi connectivity index (χ2v) is 3.62. The SMILES string of the molecule is CCOC(=O)C(C#N)c1ccc(OC)c(Cl)c1. The van der Waals surface area contributed by atoms with E-state index >= 15 is 0 Å². The van der Waals surface area contributed by atoms with Crippen LogP contribution in [0.1, 0.15) is 18.4 Å². The van der Waals surface area contributed by atoms with Gasteiger partial charge in [-0.3, -0.25) is 4.79 Å². The lowest BCUT2D eigenvalue weighted by Crippen LogP contribution is -2.14. The second kappa shape index (κ2) is 6.12. The zero-order valence-electron chi connectivity index (χ0n) is 9.57. The van der Waals surface area contributed by atoms with Gasteiger partial charge in [0.25, 0.3) is 0 Å². The second-order valence-electron chi connectivity index (χ2n) is 3.21. The molecule has 1 aromatic rings. The highest BCUT2D eigenvalue weighted by Gasteiger charge is 2.22. The molecule has 1 rings (SSSR count). The van der Waals surface area contributed by atoms with E-state index in [0.717, 1.165) is 0 Å². The first-order chi connectivity index (χ1) is 8.13. The molecule has 4 nitrogen and oxygen atoms in total. The van der Waals surface area contributed by atoms with Gasteiger partial charge in [-0.2, -0.15) is 5.26 Å². The average Bonchev–Trinajstić information content (AvgIpc) is 2.30. The summed E-state index contributed by atoms with van der Waals surface area (Å²) in [4.78, 5) is 11.5. The van der Waals surface area contributed by atoms with Gasteiger partial charge in [0.2, 0.25) is 0 Å². The number of nitrogens with zero attached hydrogens (tertiary/aromatic N) is 1. The molecular formula is C12H12ClNO3. The smallest absolute Gasteiger partial charge is 0.327 e. The van der Waals surface area contributed by atoms with Crippen LogP contribution in [0, 0.1) is 11.3 Å². The van der Waals surface area contributed by atoms with E-state index in [4.69, 9.17) is 26.3 Å². The Hall–Kier alpha value is -1.73. The Morgan fingerprint density at radius 1 is 1.59 bits per heavy atom. The molecule has 0 amide bonds. The van der Waals surface area contributed by atoms with Gasteiger partial charge in [-0.25, -0.2) is 0 Å². The summed E-state index contributed by atoms with van der Waals surface area (Å²) < 4.78 is 9.80. The zero-order chi connectivity index (χ0) is 12.8. The maximum atomic E-state index is 11.5. The molecule has 90 valence electrons. The van der Waals surface area contributed by atoms with Crippen LogP contribution in [0.2, 0.25) is 5.02 Å². The van der Waals surface area contributed by atoms with Crippen molar-refractivity contribution in [3.8, 4) is 11.8 Å².